The van der Waals surface area contributed by atoms with Crippen LogP contribution in [0.15, 0.2) is 47.4 Å². The van der Waals surface area contributed by atoms with Gasteiger partial charge in [0.1, 0.15) is 0 Å². The quantitative estimate of drug-likeness (QED) is 0.796. The second-order valence-electron chi connectivity index (χ2n) is 5.70. The number of aryl methyl sites for hydroxylation is 1. The lowest BCUT2D eigenvalue weighted by molar-refractivity contribution is -0.138. The highest BCUT2D eigenvalue weighted by molar-refractivity contribution is 6.03. The molecule has 8 heteroatoms. The molecule has 0 bridgehead atoms. The SMILES string of the molecule is CC(=O)c1ccccc1NC(=O)CCCn1cc(C(F)(F)F)ccc1=O. The zero-order chi connectivity index (χ0) is 19.3. The molecule has 1 amide bonds. The molecule has 1 heterocycles. The molecule has 1 aromatic carbocycles. The predicted octanol–water partition coefficient (Wildman–Crippen LogP) is 3.49. The van der Waals surface area contributed by atoms with Gasteiger partial charge in [-0.2, -0.15) is 13.2 Å². The normalized spacial score (nSPS) is 11.2. The van der Waals surface area contributed by atoms with Gasteiger partial charge in [0.2, 0.25) is 5.91 Å². The van der Waals surface area contributed by atoms with Gasteiger partial charge in [0.25, 0.3) is 5.56 Å². The number of pyridine rings is 1. The molecule has 1 N–H and O–H groups in total. The number of amides is 1. The van der Waals surface area contributed by atoms with Crippen LogP contribution in [0.25, 0.3) is 0 Å². The molecule has 0 aliphatic carbocycles. The first kappa shape index (κ1) is 19.4. The summed E-state index contributed by atoms with van der Waals surface area (Å²) in [5.74, 6) is -0.588. The van der Waals surface area contributed by atoms with Gasteiger partial charge in [-0.1, -0.05) is 12.1 Å². The third-order valence-electron chi connectivity index (χ3n) is 3.69. The Labute approximate surface area is 147 Å². The van der Waals surface area contributed by atoms with E-state index in [2.05, 4.69) is 5.32 Å². The fourth-order valence-corrected chi connectivity index (χ4v) is 2.40. The Morgan fingerprint density at radius 3 is 2.46 bits per heavy atom. The second kappa shape index (κ2) is 7.99. The number of nitrogens with one attached hydrogen (secondary N) is 1. The first-order valence-electron chi connectivity index (χ1n) is 7.86. The van der Waals surface area contributed by atoms with Crippen molar-refractivity contribution in [1.29, 1.82) is 0 Å². The lowest BCUT2D eigenvalue weighted by Gasteiger charge is -2.11. The van der Waals surface area contributed by atoms with Crippen LogP contribution < -0.4 is 10.9 Å². The molecule has 0 saturated carbocycles. The lowest BCUT2D eigenvalue weighted by atomic mass is 10.1. The molecule has 26 heavy (non-hydrogen) atoms. The Hall–Kier alpha value is -2.90. The molecule has 0 atom stereocenters. The highest BCUT2D eigenvalue weighted by Gasteiger charge is 2.30. The van der Waals surface area contributed by atoms with Crippen molar-refractivity contribution in [2.24, 2.45) is 0 Å². The Bertz CT molecular complexity index is 872. The average molecular weight is 366 g/mol. The lowest BCUT2D eigenvalue weighted by Crippen LogP contribution is -2.22. The zero-order valence-electron chi connectivity index (χ0n) is 14.0. The van der Waals surface area contributed by atoms with E-state index in [0.29, 0.717) is 11.3 Å². The summed E-state index contributed by atoms with van der Waals surface area (Å²) in [5.41, 5.74) is -0.742. The maximum atomic E-state index is 12.7. The van der Waals surface area contributed by atoms with Gasteiger partial charge in [-0.25, -0.2) is 0 Å². The maximum Gasteiger partial charge on any atom is 0.417 e. The van der Waals surface area contributed by atoms with Crippen molar-refractivity contribution in [1.82, 2.24) is 4.57 Å². The van der Waals surface area contributed by atoms with E-state index in [1.54, 1.807) is 24.3 Å². The standard InChI is InChI=1S/C18H17F3N2O3/c1-12(24)14-5-2-3-6-15(14)22-16(25)7-4-10-23-11-13(18(19,20)21)8-9-17(23)26/h2-3,5-6,8-9,11H,4,7,10H2,1H3,(H,22,25). The van der Waals surface area contributed by atoms with Crippen LogP contribution in [0.1, 0.15) is 35.7 Å². The van der Waals surface area contributed by atoms with Crippen molar-refractivity contribution in [3.63, 3.8) is 0 Å². The van der Waals surface area contributed by atoms with Gasteiger partial charge in [-0.3, -0.25) is 14.4 Å². The van der Waals surface area contributed by atoms with E-state index in [1.165, 1.54) is 6.92 Å². The van der Waals surface area contributed by atoms with Gasteiger partial charge < -0.3 is 9.88 Å². The minimum atomic E-state index is -4.54. The monoisotopic (exact) mass is 366 g/mol. The summed E-state index contributed by atoms with van der Waals surface area (Å²) in [6.07, 6.45) is -3.63. The molecule has 5 nitrogen and oxygen atoms in total. The molecule has 0 spiro atoms. The van der Waals surface area contributed by atoms with Gasteiger partial charge in [-0.15, -0.1) is 0 Å². The van der Waals surface area contributed by atoms with E-state index in [1.807, 2.05) is 0 Å². The Balaban J connectivity index is 1.97. The largest absolute Gasteiger partial charge is 0.417 e. The molecule has 2 aromatic rings. The fraction of sp³-hybridized carbons (Fsp3) is 0.278. The van der Waals surface area contributed by atoms with Gasteiger partial charge in [0.15, 0.2) is 5.78 Å². The Kier molecular flexibility index (Phi) is 5.97. The number of hydrogen-bond acceptors (Lipinski definition) is 3. The smallest absolute Gasteiger partial charge is 0.325 e. The number of benzene rings is 1. The summed E-state index contributed by atoms with van der Waals surface area (Å²) in [7, 11) is 0. The topological polar surface area (TPSA) is 68.2 Å². The number of para-hydroxylation sites is 1. The van der Waals surface area contributed by atoms with Crippen molar-refractivity contribution >= 4 is 17.4 Å². The van der Waals surface area contributed by atoms with Crippen LogP contribution in [0.3, 0.4) is 0 Å². The van der Waals surface area contributed by atoms with Crippen molar-refractivity contribution < 1.29 is 22.8 Å². The van der Waals surface area contributed by atoms with E-state index in [4.69, 9.17) is 0 Å². The van der Waals surface area contributed by atoms with Crippen LogP contribution in [0, 0.1) is 0 Å². The van der Waals surface area contributed by atoms with Crippen LogP contribution in [0.5, 0.6) is 0 Å². The number of alkyl halides is 3. The van der Waals surface area contributed by atoms with Crippen molar-refractivity contribution in [3.8, 4) is 0 Å². The van der Waals surface area contributed by atoms with Gasteiger partial charge >= 0.3 is 6.18 Å². The summed E-state index contributed by atoms with van der Waals surface area (Å²) < 4.78 is 39.0. The van der Waals surface area contributed by atoms with Crippen LogP contribution in [0.4, 0.5) is 18.9 Å². The number of nitrogens with zero attached hydrogens (tertiary/aromatic N) is 1. The number of halogens is 3. The molecule has 138 valence electrons. The van der Waals surface area contributed by atoms with Gasteiger partial charge in [0.05, 0.1) is 11.3 Å². The number of aromatic nitrogens is 1. The van der Waals surface area contributed by atoms with E-state index < -0.39 is 23.2 Å². The third kappa shape index (κ3) is 5.05. The molecule has 0 aliphatic rings. The Morgan fingerprint density at radius 1 is 1.12 bits per heavy atom. The van der Waals surface area contributed by atoms with Crippen molar-refractivity contribution in [3.05, 3.63) is 64.1 Å². The van der Waals surface area contributed by atoms with E-state index in [-0.39, 0.29) is 25.2 Å². The Morgan fingerprint density at radius 2 is 1.81 bits per heavy atom. The number of carbonyl (C=O) groups excluding carboxylic acids is 2. The minimum absolute atomic E-state index is 0.00504. The van der Waals surface area contributed by atoms with Crippen LogP contribution >= 0.6 is 0 Å². The molecular weight excluding hydrogens is 349 g/mol. The fourth-order valence-electron chi connectivity index (χ4n) is 2.40. The van der Waals surface area contributed by atoms with Crippen LogP contribution in [0.2, 0.25) is 0 Å². The minimum Gasteiger partial charge on any atom is -0.325 e. The summed E-state index contributed by atoms with van der Waals surface area (Å²) in [4.78, 5) is 35.2. The van der Waals surface area contributed by atoms with Crippen LogP contribution in [-0.2, 0) is 17.5 Å². The molecule has 0 aliphatic heterocycles. The molecular formula is C18H17F3N2O3. The van der Waals surface area contributed by atoms with Gasteiger partial charge in [0, 0.05) is 30.8 Å². The zero-order valence-corrected chi connectivity index (χ0v) is 14.0. The summed E-state index contributed by atoms with van der Waals surface area (Å²) in [5, 5.41) is 2.60. The van der Waals surface area contributed by atoms with Crippen molar-refractivity contribution in [2.45, 2.75) is 32.5 Å². The molecule has 0 saturated heterocycles. The van der Waals surface area contributed by atoms with E-state index >= 15 is 0 Å². The van der Waals surface area contributed by atoms with Gasteiger partial charge in [-0.05, 0) is 31.5 Å². The first-order chi connectivity index (χ1) is 12.2. The molecule has 1 aromatic heterocycles. The van der Waals surface area contributed by atoms with E-state index in [9.17, 15) is 27.6 Å². The summed E-state index contributed by atoms with van der Waals surface area (Å²) >= 11 is 0. The molecule has 2 rings (SSSR count). The highest BCUT2D eigenvalue weighted by atomic mass is 19.4. The summed E-state index contributed by atoms with van der Waals surface area (Å²) in [6.45, 7) is 1.36. The number of carbonyl (C=O) groups is 2. The second-order valence-corrected chi connectivity index (χ2v) is 5.70. The number of hydrogen-bond donors (Lipinski definition) is 1. The number of rotatable bonds is 6. The van der Waals surface area contributed by atoms with Crippen LogP contribution in [-0.4, -0.2) is 16.3 Å². The molecule has 0 fully saturated rings. The van der Waals surface area contributed by atoms with Crippen molar-refractivity contribution in [2.75, 3.05) is 5.32 Å². The number of Topliss-reactive ketones (excluding diaryl/α,β-unsaturated/α-hetero) is 1. The summed E-state index contributed by atoms with van der Waals surface area (Å²) in [6, 6.07) is 8.10. The third-order valence-corrected chi connectivity index (χ3v) is 3.69. The first-order valence-corrected chi connectivity index (χ1v) is 7.86. The molecule has 0 radical (unpaired) electrons. The highest BCUT2D eigenvalue weighted by Crippen LogP contribution is 2.28. The maximum absolute atomic E-state index is 12.7. The average Bonchev–Trinajstić information content (AvgIpc) is 2.55. The molecule has 0 unspecified atom stereocenters. The number of anilines is 1. The van der Waals surface area contributed by atoms with E-state index in [0.717, 1.165) is 22.9 Å². The predicted molar refractivity (Wildman–Crippen MR) is 90.0 cm³/mol. The number of ketones is 1.